The third-order valence-corrected chi connectivity index (χ3v) is 5.24. The van der Waals surface area contributed by atoms with E-state index in [1.807, 2.05) is 24.0 Å². The Balaban J connectivity index is 1.47. The fourth-order valence-corrected chi connectivity index (χ4v) is 3.55. The van der Waals surface area contributed by atoms with E-state index in [9.17, 15) is 9.59 Å². The minimum absolute atomic E-state index is 0.0149. The monoisotopic (exact) mass is 307 g/mol. The van der Waals surface area contributed by atoms with Gasteiger partial charge in [-0.3, -0.25) is 9.59 Å². The third kappa shape index (κ3) is 3.27. The van der Waals surface area contributed by atoms with Crippen LogP contribution in [0.25, 0.3) is 0 Å². The number of carbonyl (C=O) groups excluding carboxylic acids is 2. The van der Waals surface area contributed by atoms with Gasteiger partial charge in [0.05, 0.1) is 10.8 Å². The lowest BCUT2D eigenvalue weighted by Gasteiger charge is -2.37. The number of aryl methyl sites for hydroxylation is 1. The highest BCUT2D eigenvalue weighted by Gasteiger charge is 2.31. The summed E-state index contributed by atoms with van der Waals surface area (Å²) < 4.78 is 0. The first kappa shape index (κ1) is 14.5. The summed E-state index contributed by atoms with van der Waals surface area (Å²) in [6.45, 7) is 5.13. The van der Waals surface area contributed by atoms with E-state index in [-0.39, 0.29) is 23.8 Å². The number of rotatable bonds is 3. The van der Waals surface area contributed by atoms with Crippen molar-refractivity contribution in [3.63, 3.8) is 0 Å². The third-order valence-electron chi connectivity index (χ3n) is 4.24. The molecule has 2 saturated heterocycles. The van der Waals surface area contributed by atoms with Crippen LogP contribution in [0, 0.1) is 12.8 Å². The fourth-order valence-electron chi connectivity index (χ4n) is 2.78. The Hall–Kier alpha value is -1.40. The smallest absolute Gasteiger partial charge is 0.261 e. The van der Waals surface area contributed by atoms with Crippen LogP contribution in [0.1, 0.15) is 27.4 Å². The van der Waals surface area contributed by atoms with Crippen molar-refractivity contribution >= 4 is 23.2 Å². The van der Waals surface area contributed by atoms with E-state index < -0.39 is 0 Å². The summed E-state index contributed by atoms with van der Waals surface area (Å²) in [5.41, 5.74) is 0. The predicted octanol–water partition coefficient (Wildman–Crippen LogP) is 0.997. The van der Waals surface area contributed by atoms with Crippen molar-refractivity contribution in [1.82, 2.24) is 15.5 Å². The van der Waals surface area contributed by atoms with Gasteiger partial charge in [-0.2, -0.15) is 0 Å². The number of amides is 2. The van der Waals surface area contributed by atoms with Crippen molar-refractivity contribution in [2.45, 2.75) is 25.8 Å². The first-order valence-corrected chi connectivity index (χ1v) is 8.32. The SMILES string of the molecule is Cc1ccc(C(=O)NC2CCN(C(=O)C3CNC3)CC2)s1. The Morgan fingerprint density at radius 1 is 1.29 bits per heavy atom. The van der Waals surface area contributed by atoms with Crippen molar-refractivity contribution < 1.29 is 9.59 Å². The molecule has 0 spiro atoms. The molecule has 0 aromatic carbocycles. The molecule has 2 amide bonds. The Morgan fingerprint density at radius 2 is 2.00 bits per heavy atom. The number of nitrogens with zero attached hydrogens (tertiary/aromatic N) is 1. The molecular weight excluding hydrogens is 286 g/mol. The number of thiophene rings is 1. The molecule has 3 rings (SSSR count). The predicted molar refractivity (Wildman–Crippen MR) is 82.5 cm³/mol. The van der Waals surface area contributed by atoms with Crippen LogP contribution in [0.15, 0.2) is 12.1 Å². The van der Waals surface area contributed by atoms with Gasteiger partial charge in [0.2, 0.25) is 5.91 Å². The van der Waals surface area contributed by atoms with Crippen LogP contribution in [0.3, 0.4) is 0 Å². The molecule has 0 saturated carbocycles. The number of likely N-dealkylation sites (tertiary alicyclic amines) is 1. The van der Waals surface area contributed by atoms with Gasteiger partial charge in [-0.05, 0) is 31.9 Å². The molecular formula is C15H21N3O2S. The molecule has 0 unspecified atom stereocenters. The molecule has 6 heteroatoms. The van der Waals surface area contributed by atoms with Crippen LogP contribution in [0.2, 0.25) is 0 Å². The normalized spacial score (nSPS) is 20.1. The van der Waals surface area contributed by atoms with E-state index in [0.29, 0.717) is 0 Å². The molecule has 21 heavy (non-hydrogen) atoms. The largest absolute Gasteiger partial charge is 0.348 e. The Labute approximate surface area is 128 Å². The molecule has 1 aromatic heterocycles. The molecule has 5 nitrogen and oxygen atoms in total. The lowest BCUT2D eigenvalue weighted by Crippen LogP contribution is -2.55. The van der Waals surface area contributed by atoms with Crippen LogP contribution < -0.4 is 10.6 Å². The highest BCUT2D eigenvalue weighted by molar-refractivity contribution is 7.13. The van der Waals surface area contributed by atoms with Crippen LogP contribution in [-0.2, 0) is 4.79 Å². The maximum atomic E-state index is 12.1. The maximum absolute atomic E-state index is 12.1. The zero-order chi connectivity index (χ0) is 14.8. The van der Waals surface area contributed by atoms with E-state index >= 15 is 0 Å². The van der Waals surface area contributed by atoms with Gasteiger partial charge in [0.25, 0.3) is 5.91 Å². The topological polar surface area (TPSA) is 61.4 Å². The molecule has 0 atom stereocenters. The van der Waals surface area contributed by atoms with Gasteiger partial charge in [0, 0.05) is 37.1 Å². The molecule has 2 aliphatic heterocycles. The molecule has 114 valence electrons. The molecule has 0 aliphatic carbocycles. The molecule has 0 radical (unpaired) electrons. The van der Waals surface area contributed by atoms with E-state index in [1.165, 1.54) is 11.3 Å². The summed E-state index contributed by atoms with van der Waals surface area (Å²) in [5, 5.41) is 6.22. The van der Waals surface area contributed by atoms with Gasteiger partial charge in [0.15, 0.2) is 0 Å². The van der Waals surface area contributed by atoms with Gasteiger partial charge >= 0.3 is 0 Å². The van der Waals surface area contributed by atoms with Crippen molar-refractivity contribution in [2.24, 2.45) is 5.92 Å². The van der Waals surface area contributed by atoms with Crippen LogP contribution in [0.4, 0.5) is 0 Å². The average Bonchev–Trinajstić information content (AvgIpc) is 2.84. The Bertz CT molecular complexity index is 531. The van der Waals surface area contributed by atoms with Crippen molar-refractivity contribution in [3.05, 3.63) is 21.9 Å². The summed E-state index contributed by atoms with van der Waals surface area (Å²) in [6, 6.07) is 4.02. The number of piperidine rings is 1. The minimum Gasteiger partial charge on any atom is -0.348 e. The van der Waals surface area contributed by atoms with E-state index in [0.717, 1.165) is 48.8 Å². The Morgan fingerprint density at radius 3 is 2.52 bits per heavy atom. The van der Waals surface area contributed by atoms with E-state index in [4.69, 9.17) is 0 Å². The first-order chi connectivity index (χ1) is 10.1. The number of hydrogen-bond acceptors (Lipinski definition) is 4. The zero-order valence-corrected chi connectivity index (χ0v) is 13.0. The summed E-state index contributed by atoms with van der Waals surface area (Å²) in [5.74, 6) is 0.457. The molecule has 2 N–H and O–H groups in total. The highest BCUT2D eigenvalue weighted by Crippen LogP contribution is 2.18. The van der Waals surface area contributed by atoms with Crippen molar-refractivity contribution in [2.75, 3.05) is 26.2 Å². The second-order valence-electron chi connectivity index (χ2n) is 5.84. The van der Waals surface area contributed by atoms with Gasteiger partial charge in [-0.1, -0.05) is 0 Å². The van der Waals surface area contributed by atoms with Gasteiger partial charge in [-0.15, -0.1) is 11.3 Å². The molecule has 0 bridgehead atoms. The molecule has 2 fully saturated rings. The number of hydrogen-bond donors (Lipinski definition) is 2. The summed E-state index contributed by atoms with van der Waals surface area (Å²) in [7, 11) is 0. The zero-order valence-electron chi connectivity index (χ0n) is 12.2. The average molecular weight is 307 g/mol. The van der Waals surface area contributed by atoms with Crippen LogP contribution >= 0.6 is 11.3 Å². The second kappa shape index (κ2) is 6.15. The van der Waals surface area contributed by atoms with Gasteiger partial charge < -0.3 is 15.5 Å². The highest BCUT2D eigenvalue weighted by atomic mass is 32.1. The summed E-state index contributed by atoms with van der Waals surface area (Å²) in [4.78, 5) is 28.1. The number of carbonyl (C=O) groups is 2. The van der Waals surface area contributed by atoms with E-state index in [1.54, 1.807) is 0 Å². The minimum atomic E-state index is 0.0149. The first-order valence-electron chi connectivity index (χ1n) is 7.50. The van der Waals surface area contributed by atoms with Crippen molar-refractivity contribution in [1.29, 1.82) is 0 Å². The van der Waals surface area contributed by atoms with Gasteiger partial charge in [-0.25, -0.2) is 0 Å². The lowest BCUT2D eigenvalue weighted by molar-refractivity contribution is -0.138. The van der Waals surface area contributed by atoms with Crippen molar-refractivity contribution in [3.8, 4) is 0 Å². The summed E-state index contributed by atoms with van der Waals surface area (Å²) >= 11 is 1.52. The second-order valence-corrected chi connectivity index (χ2v) is 7.13. The molecule has 3 heterocycles. The van der Waals surface area contributed by atoms with Gasteiger partial charge in [0.1, 0.15) is 0 Å². The molecule has 1 aromatic rings. The lowest BCUT2D eigenvalue weighted by atomic mass is 9.98. The maximum Gasteiger partial charge on any atom is 0.261 e. The summed E-state index contributed by atoms with van der Waals surface area (Å²) in [6.07, 6.45) is 1.70. The molecule has 2 aliphatic rings. The van der Waals surface area contributed by atoms with Crippen LogP contribution in [0.5, 0.6) is 0 Å². The fraction of sp³-hybridized carbons (Fsp3) is 0.600. The van der Waals surface area contributed by atoms with Crippen LogP contribution in [-0.4, -0.2) is 48.9 Å². The number of nitrogens with one attached hydrogen (secondary N) is 2. The standard InChI is InChI=1S/C15H21N3O2S/c1-10-2-3-13(21-10)14(19)17-12-4-6-18(7-5-12)15(20)11-8-16-9-11/h2-3,11-12,16H,4-9H2,1H3,(H,17,19). The quantitative estimate of drug-likeness (QED) is 0.876. The van der Waals surface area contributed by atoms with E-state index in [2.05, 4.69) is 10.6 Å². The Kier molecular flexibility index (Phi) is 4.26.